The number of nitrogens with one attached hydrogen (secondary N) is 1. The first-order valence-corrected chi connectivity index (χ1v) is 7.74. The lowest BCUT2D eigenvalue weighted by atomic mass is 10.1. The van der Waals surface area contributed by atoms with Crippen molar-refractivity contribution in [1.29, 1.82) is 0 Å². The van der Waals surface area contributed by atoms with Gasteiger partial charge in [0, 0.05) is 45.1 Å². The Labute approximate surface area is 142 Å². The van der Waals surface area contributed by atoms with E-state index in [0.717, 1.165) is 11.3 Å². The van der Waals surface area contributed by atoms with Crippen LogP contribution < -0.4 is 10.2 Å². The first kappa shape index (κ1) is 17.5. The Morgan fingerprint density at radius 3 is 2.21 bits per heavy atom. The highest BCUT2D eigenvalue weighted by Gasteiger charge is 2.09. The van der Waals surface area contributed by atoms with E-state index in [2.05, 4.69) is 5.32 Å². The van der Waals surface area contributed by atoms with Crippen molar-refractivity contribution in [1.82, 2.24) is 4.90 Å². The van der Waals surface area contributed by atoms with E-state index in [9.17, 15) is 9.59 Å². The minimum Gasteiger partial charge on any atom is -0.378 e. The van der Waals surface area contributed by atoms with Crippen molar-refractivity contribution in [3.63, 3.8) is 0 Å². The van der Waals surface area contributed by atoms with Crippen LogP contribution in [0.5, 0.6) is 0 Å². The highest BCUT2D eigenvalue weighted by Crippen LogP contribution is 2.16. The number of nitrogens with zero attached hydrogens (tertiary/aromatic N) is 2. The van der Waals surface area contributed by atoms with Gasteiger partial charge < -0.3 is 15.1 Å². The fourth-order valence-corrected chi connectivity index (χ4v) is 2.17. The van der Waals surface area contributed by atoms with E-state index in [0.29, 0.717) is 17.7 Å². The second kappa shape index (κ2) is 7.64. The van der Waals surface area contributed by atoms with Crippen LogP contribution in [0.1, 0.15) is 15.9 Å². The van der Waals surface area contributed by atoms with Crippen molar-refractivity contribution in [2.45, 2.75) is 6.42 Å². The largest absolute Gasteiger partial charge is 0.378 e. The standard InChI is InChI=1S/C19H23N3O2/c1-21(2)17-7-5-6-15(13-17)19(24)20-16-10-8-14(9-11-16)12-18(23)22(3)4/h5-11,13H,12H2,1-4H3,(H,20,24). The van der Waals surface area contributed by atoms with Crippen molar-refractivity contribution >= 4 is 23.2 Å². The molecule has 0 aliphatic rings. The van der Waals surface area contributed by atoms with Gasteiger partial charge in [0.2, 0.25) is 5.91 Å². The molecule has 0 bridgehead atoms. The second-order valence-electron chi connectivity index (χ2n) is 6.06. The van der Waals surface area contributed by atoms with Gasteiger partial charge in [-0.2, -0.15) is 0 Å². The van der Waals surface area contributed by atoms with Gasteiger partial charge in [0.1, 0.15) is 0 Å². The number of benzene rings is 2. The molecule has 5 heteroatoms. The summed E-state index contributed by atoms with van der Waals surface area (Å²) < 4.78 is 0. The quantitative estimate of drug-likeness (QED) is 0.919. The van der Waals surface area contributed by atoms with Crippen LogP contribution >= 0.6 is 0 Å². The van der Waals surface area contributed by atoms with Crippen molar-refractivity contribution in [2.24, 2.45) is 0 Å². The Kier molecular flexibility index (Phi) is 5.58. The summed E-state index contributed by atoms with van der Waals surface area (Å²) >= 11 is 0. The molecule has 0 saturated heterocycles. The van der Waals surface area contributed by atoms with Gasteiger partial charge in [-0.25, -0.2) is 0 Å². The van der Waals surface area contributed by atoms with Gasteiger partial charge in [0.25, 0.3) is 5.91 Å². The Morgan fingerprint density at radius 1 is 0.958 bits per heavy atom. The zero-order chi connectivity index (χ0) is 17.7. The maximum atomic E-state index is 12.4. The molecule has 2 aromatic rings. The van der Waals surface area contributed by atoms with E-state index in [1.807, 2.05) is 61.5 Å². The van der Waals surface area contributed by atoms with Crippen molar-refractivity contribution in [3.05, 3.63) is 59.7 Å². The Hall–Kier alpha value is -2.82. The van der Waals surface area contributed by atoms with Crippen molar-refractivity contribution in [3.8, 4) is 0 Å². The van der Waals surface area contributed by atoms with Crippen LogP contribution in [-0.4, -0.2) is 44.9 Å². The number of amides is 2. The number of hydrogen-bond donors (Lipinski definition) is 1. The maximum absolute atomic E-state index is 12.4. The SMILES string of the molecule is CN(C)C(=O)Cc1ccc(NC(=O)c2cccc(N(C)C)c2)cc1. The van der Waals surface area contributed by atoms with E-state index < -0.39 is 0 Å². The Bertz CT molecular complexity index is 722. The highest BCUT2D eigenvalue weighted by molar-refractivity contribution is 6.04. The summed E-state index contributed by atoms with van der Waals surface area (Å²) in [5.74, 6) is -0.108. The Morgan fingerprint density at radius 2 is 1.62 bits per heavy atom. The predicted octanol–water partition coefficient (Wildman–Crippen LogP) is 2.64. The van der Waals surface area contributed by atoms with Gasteiger partial charge in [0.15, 0.2) is 0 Å². The van der Waals surface area contributed by atoms with Crippen LogP contribution in [0.2, 0.25) is 0 Å². The molecule has 2 rings (SSSR count). The first-order valence-electron chi connectivity index (χ1n) is 7.74. The molecule has 0 radical (unpaired) electrons. The lowest BCUT2D eigenvalue weighted by Crippen LogP contribution is -2.23. The normalized spacial score (nSPS) is 10.2. The monoisotopic (exact) mass is 325 g/mol. The number of carbonyl (C=O) groups is 2. The van der Waals surface area contributed by atoms with Crippen molar-refractivity contribution in [2.75, 3.05) is 38.4 Å². The minimum atomic E-state index is -0.157. The molecular weight excluding hydrogens is 302 g/mol. The van der Waals surface area contributed by atoms with Crippen molar-refractivity contribution < 1.29 is 9.59 Å². The van der Waals surface area contributed by atoms with Crippen LogP contribution in [0, 0.1) is 0 Å². The maximum Gasteiger partial charge on any atom is 0.255 e. The van der Waals surface area contributed by atoms with E-state index >= 15 is 0 Å². The minimum absolute atomic E-state index is 0.0484. The molecule has 126 valence electrons. The van der Waals surface area contributed by atoms with E-state index in [1.165, 1.54) is 0 Å². The molecule has 2 amide bonds. The molecule has 0 spiro atoms. The first-order chi connectivity index (χ1) is 11.4. The van der Waals surface area contributed by atoms with E-state index in [1.54, 1.807) is 25.1 Å². The fraction of sp³-hybridized carbons (Fsp3) is 0.263. The van der Waals surface area contributed by atoms with E-state index in [-0.39, 0.29) is 11.8 Å². The highest BCUT2D eigenvalue weighted by atomic mass is 16.2. The molecule has 0 atom stereocenters. The summed E-state index contributed by atoms with van der Waals surface area (Å²) in [6.45, 7) is 0. The molecule has 0 aromatic heterocycles. The summed E-state index contributed by atoms with van der Waals surface area (Å²) in [7, 11) is 7.34. The van der Waals surface area contributed by atoms with Crippen LogP contribution in [-0.2, 0) is 11.2 Å². The lowest BCUT2D eigenvalue weighted by Gasteiger charge is -2.13. The third-order valence-corrected chi connectivity index (χ3v) is 3.69. The smallest absolute Gasteiger partial charge is 0.255 e. The molecule has 0 heterocycles. The molecule has 0 unspecified atom stereocenters. The van der Waals surface area contributed by atoms with Gasteiger partial charge in [-0.1, -0.05) is 18.2 Å². The third kappa shape index (κ3) is 4.59. The number of carbonyl (C=O) groups excluding carboxylic acids is 2. The average molecular weight is 325 g/mol. The molecule has 1 N–H and O–H groups in total. The fourth-order valence-electron chi connectivity index (χ4n) is 2.17. The molecule has 0 fully saturated rings. The summed E-state index contributed by atoms with van der Waals surface area (Å²) in [4.78, 5) is 27.6. The summed E-state index contributed by atoms with van der Waals surface area (Å²) in [5, 5.41) is 2.87. The Balaban J connectivity index is 2.04. The average Bonchev–Trinajstić information content (AvgIpc) is 2.56. The zero-order valence-electron chi connectivity index (χ0n) is 14.5. The van der Waals surface area contributed by atoms with Gasteiger partial charge in [-0.15, -0.1) is 0 Å². The zero-order valence-corrected chi connectivity index (χ0v) is 14.5. The molecule has 0 aliphatic heterocycles. The molecule has 2 aromatic carbocycles. The molecule has 24 heavy (non-hydrogen) atoms. The summed E-state index contributed by atoms with van der Waals surface area (Å²) in [6.07, 6.45) is 0.353. The topological polar surface area (TPSA) is 52.7 Å². The molecule has 0 aliphatic carbocycles. The number of anilines is 2. The predicted molar refractivity (Wildman–Crippen MR) is 97.6 cm³/mol. The number of hydrogen-bond acceptors (Lipinski definition) is 3. The lowest BCUT2D eigenvalue weighted by molar-refractivity contribution is -0.127. The van der Waals surface area contributed by atoms with E-state index in [4.69, 9.17) is 0 Å². The summed E-state index contributed by atoms with van der Waals surface area (Å²) in [6, 6.07) is 14.8. The third-order valence-electron chi connectivity index (χ3n) is 3.69. The van der Waals surface area contributed by atoms with Gasteiger partial charge in [-0.3, -0.25) is 9.59 Å². The van der Waals surface area contributed by atoms with Crippen LogP contribution in [0.3, 0.4) is 0 Å². The molecular formula is C19H23N3O2. The number of likely N-dealkylation sites (N-methyl/N-ethyl adjacent to an activating group) is 1. The van der Waals surface area contributed by atoms with Gasteiger partial charge in [0.05, 0.1) is 6.42 Å². The summed E-state index contributed by atoms with van der Waals surface area (Å²) in [5.41, 5.74) is 3.20. The van der Waals surface area contributed by atoms with Gasteiger partial charge in [-0.05, 0) is 35.9 Å². The van der Waals surface area contributed by atoms with Crippen LogP contribution in [0.4, 0.5) is 11.4 Å². The van der Waals surface area contributed by atoms with Crippen LogP contribution in [0.15, 0.2) is 48.5 Å². The van der Waals surface area contributed by atoms with Gasteiger partial charge >= 0.3 is 0 Å². The van der Waals surface area contributed by atoms with Crippen LogP contribution in [0.25, 0.3) is 0 Å². The molecule has 0 saturated carbocycles. The molecule has 5 nitrogen and oxygen atoms in total. The second-order valence-corrected chi connectivity index (χ2v) is 6.06. The number of rotatable bonds is 5.